The topological polar surface area (TPSA) is 65.5 Å². The maximum Gasteiger partial charge on any atom is 0.317 e. The first-order valence-electron chi connectivity index (χ1n) is 8.62. The minimum absolute atomic E-state index is 0.0385. The number of hydrogen-bond acceptors (Lipinski definition) is 3. The van der Waals surface area contributed by atoms with Gasteiger partial charge in [-0.3, -0.25) is 9.78 Å². The van der Waals surface area contributed by atoms with Crippen LogP contribution < -0.4 is 5.32 Å². The van der Waals surface area contributed by atoms with Gasteiger partial charge < -0.3 is 15.1 Å². The summed E-state index contributed by atoms with van der Waals surface area (Å²) in [6, 6.07) is 5.61. The molecule has 2 unspecified atom stereocenters. The minimum Gasteiger partial charge on any atom is -0.344 e. The van der Waals surface area contributed by atoms with Crippen molar-refractivity contribution in [3.63, 3.8) is 0 Å². The Morgan fingerprint density at radius 2 is 2.00 bits per heavy atom. The van der Waals surface area contributed by atoms with Crippen LogP contribution in [-0.4, -0.2) is 59.9 Å². The van der Waals surface area contributed by atoms with Crippen molar-refractivity contribution in [2.75, 3.05) is 33.2 Å². The van der Waals surface area contributed by atoms with Crippen molar-refractivity contribution in [3.05, 3.63) is 30.1 Å². The van der Waals surface area contributed by atoms with Crippen LogP contribution in [0.5, 0.6) is 0 Å². The molecule has 2 rings (SSSR count). The summed E-state index contributed by atoms with van der Waals surface area (Å²) in [5, 5.41) is 2.75. The second-order valence-electron chi connectivity index (χ2n) is 6.90. The number of urea groups is 1. The van der Waals surface area contributed by atoms with Crippen molar-refractivity contribution in [2.24, 2.45) is 11.8 Å². The van der Waals surface area contributed by atoms with E-state index >= 15 is 0 Å². The van der Waals surface area contributed by atoms with Gasteiger partial charge in [0.05, 0.1) is 6.54 Å². The van der Waals surface area contributed by atoms with E-state index < -0.39 is 0 Å². The van der Waals surface area contributed by atoms with Crippen LogP contribution in [0.1, 0.15) is 26.0 Å². The molecule has 2 heterocycles. The fourth-order valence-corrected chi connectivity index (χ4v) is 3.18. The molecule has 2 atom stereocenters. The molecule has 1 fully saturated rings. The molecule has 6 heteroatoms. The van der Waals surface area contributed by atoms with E-state index in [1.165, 1.54) is 0 Å². The van der Waals surface area contributed by atoms with E-state index in [0.717, 1.165) is 25.2 Å². The van der Waals surface area contributed by atoms with Crippen LogP contribution in [0.4, 0.5) is 4.79 Å². The normalized spacial score (nSPS) is 20.5. The van der Waals surface area contributed by atoms with E-state index in [1.807, 2.05) is 23.1 Å². The van der Waals surface area contributed by atoms with E-state index in [9.17, 15) is 9.59 Å². The molecular formula is C18H28N4O2. The average Bonchev–Trinajstić information content (AvgIpc) is 2.57. The Balaban J connectivity index is 1.72. The van der Waals surface area contributed by atoms with Crippen molar-refractivity contribution in [3.8, 4) is 0 Å². The third-order valence-corrected chi connectivity index (χ3v) is 4.40. The molecule has 1 saturated heterocycles. The third kappa shape index (κ3) is 5.51. The van der Waals surface area contributed by atoms with Crippen molar-refractivity contribution in [2.45, 2.75) is 26.7 Å². The number of aromatic nitrogens is 1. The standard InChI is InChI=1S/C18H28N4O2/c1-14-10-15(2)13-22(12-14)18(24)20-11-17(23)21(3)9-7-16-6-4-5-8-19-16/h4-6,8,14-15H,7,9-13H2,1-3H3,(H,20,24). The summed E-state index contributed by atoms with van der Waals surface area (Å²) in [5.74, 6) is 0.935. The number of nitrogens with zero attached hydrogens (tertiary/aromatic N) is 3. The number of carbonyl (C=O) groups is 2. The van der Waals surface area contributed by atoms with Crippen LogP contribution in [0.2, 0.25) is 0 Å². The lowest BCUT2D eigenvalue weighted by Gasteiger charge is -2.35. The molecule has 1 aromatic heterocycles. The SMILES string of the molecule is CC1CC(C)CN(C(=O)NCC(=O)N(C)CCc2ccccn2)C1. The predicted octanol–water partition coefficient (Wildman–Crippen LogP) is 1.77. The summed E-state index contributed by atoms with van der Waals surface area (Å²) in [6.45, 7) is 6.47. The second kappa shape index (κ2) is 8.66. The van der Waals surface area contributed by atoms with Gasteiger partial charge in [0.25, 0.3) is 0 Å². The number of rotatable bonds is 5. The van der Waals surface area contributed by atoms with E-state index in [0.29, 0.717) is 24.8 Å². The van der Waals surface area contributed by atoms with E-state index in [2.05, 4.69) is 24.1 Å². The summed E-state index contributed by atoms with van der Waals surface area (Å²) < 4.78 is 0. The Morgan fingerprint density at radius 3 is 2.62 bits per heavy atom. The van der Waals surface area contributed by atoms with Gasteiger partial charge in [-0.25, -0.2) is 4.79 Å². The van der Waals surface area contributed by atoms with Gasteiger partial charge in [0.1, 0.15) is 0 Å². The summed E-state index contributed by atoms with van der Waals surface area (Å²) >= 11 is 0. The number of nitrogens with one attached hydrogen (secondary N) is 1. The molecule has 0 radical (unpaired) electrons. The smallest absolute Gasteiger partial charge is 0.317 e. The molecular weight excluding hydrogens is 304 g/mol. The number of hydrogen-bond donors (Lipinski definition) is 1. The molecule has 0 bridgehead atoms. The van der Waals surface area contributed by atoms with Crippen LogP contribution in [0, 0.1) is 11.8 Å². The van der Waals surface area contributed by atoms with E-state index in [4.69, 9.17) is 0 Å². The molecule has 3 amide bonds. The molecule has 132 valence electrons. The van der Waals surface area contributed by atoms with Crippen molar-refractivity contribution >= 4 is 11.9 Å². The van der Waals surface area contributed by atoms with Gasteiger partial charge in [0.15, 0.2) is 0 Å². The summed E-state index contributed by atoms with van der Waals surface area (Å²) in [7, 11) is 1.75. The highest BCUT2D eigenvalue weighted by molar-refractivity contribution is 5.83. The van der Waals surface area contributed by atoms with Gasteiger partial charge >= 0.3 is 6.03 Å². The lowest BCUT2D eigenvalue weighted by atomic mass is 9.92. The zero-order chi connectivity index (χ0) is 17.5. The lowest BCUT2D eigenvalue weighted by molar-refractivity contribution is -0.128. The third-order valence-electron chi connectivity index (χ3n) is 4.40. The molecule has 24 heavy (non-hydrogen) atoms. The number of likely N-dealkylation sites (tertiary alicyclic amines) is 1. The number of piperidine rings is 1. The Hall–Kier alpha value is -2.11. The van der Waals surface area contributed by atoms with E-state index in [-0.39, 0.29) is 18.5 Å². The Bertz CT molecular complexity index is 539. The molecule has 6 nitrogen and oxygen atoms in total. The summed E-state index contributed by atoms with van der Waals surface area (Å²) in [5.41, 5.74) is 0.956. The predicted molar refractivity (Wildman–Crippen MR) is 93.5 cm³/mol. The first kappa shape index (κ1) is 18.2. The van der Waals surface area contributed by atoms with Crippen LogP contribution >= 0.6 is 0 Å². The van der Waals surface area contributed by atoms with Gasteiger partial charge in [-0.1, -0.05) is 19.9 Å². The van der Waals surface area contributed by atoms with Gasteiger partial charge in [-0.05, 0) is 30.4 Å². The molecule has 0 aromatic carbocycles. The first-order valence-corrected chi connectivity index (χ1v) is 8.62. The molecule has 0 aliphatic carbocycles. The van der Waals surface area contributed by atoms with Gasteiger partial charge in [-0.15, -0.1) is 0 Å². The van der Waals surface area contributed by atoms with E-state index in [1.54, 1.807) is 18.1 Å². The quantitative estimate of drug-likeness (QED) is 0.894. The van der Waals surface area contributed by atoms with Crippen LogP contribution in [-0.2, 0) is 11.2 Å². The average molecular weight is 332 g/mol. The first-order chi connectivity index (χ1) is 11.5. The Morgan fingerprint density at radius 1 is 1.29 bits per heavy atom. The number of likely N-dealkylation sites (N-methyl/N-ethyl adjacent to an activating group) is 1. The Kier molecular flexibility index (Phi) is 6.58. The van der Waals surface area contributed by atoms with Gasteiger partial charge in [0, 0.05) is 45.0 Å². The van der Waals surface area contributed by atoms with Crippen molar-refractivity contribution in [1.82, 2.24) is 20.1 Å². The van der Waals surface area contributed by atoms with Crippen LogP contribution in [0.25, 0.3) is 0 Å². The van der Waals surface area contributed by atoms with Crippen molar-refractivity contribution in [1.29, 1.82) is 0 Å². The Labute approximate surface area is 144 Å². The maximum absolute atomic E-state index is 12.2. The highest BCUT2D eigenvalue weighted by atomic mass is 16.2. The molecule has 0 saturated carbocycles. The number of amides is 3. The lowest BCUT2D eigenvalue weighted by Crippen LogP contribution is -2.49. The monoisotopic (exact) mass is 332 g/mol. The fraction of sp³-hybridized carbons (Fsp3) is 0.611. The number of carbonyl (C=O) groups excluding carboxylic acids is 2. The fourth-order valence-electron chi connectivity index (χ4n) is 3.18. The molecule has 1 N–H and O–H groups in total. The van der Waals surface area contributed by atoms with Crippen LogP contribution in [0.15, 0.2) is 24.4 Å². The number of pyridine rings is 1. The minimum atomic E-state index is -0.139. The zero-order valence-corrected chi connectivity index (χ0v) is 14.9. The highest BCUT2D eigenvalue weighted by Gasteiger charge is 2.25. The molecule has 0 spiro atoms. The summed E-state index contributed by atoms with van der Waals surface area (Å²) in [6.07, 6.45) is 3.61. The molecule has 1 aliphatic rings. The highest BCUT2D eigenvalue weighted by Crippen LogP contribution is 2.20. The van der Waals surface area contributed by atoms with Crippen molar-refractivity contribution < 1.29 is 9.59 Å². The zero-order valence-electron chi connectivity index (χ0n) is 14.9. The van der Waals surface area contributed by atoms with Gasteiger partial charge in [0.2, 0.25) is 5.91 Å². The molecule has 1 aliphatic heterocycles. The second-order valence-corrected chi connectivity index (χ2v) is 6.90. The van der Waals surface area contributed by atoms with Gasteiger partial charge in [-0.2, -0.15) is 0 Å². The van der Waals surface area contributed by atoms with Crippen LogP contribution in [0.3, 0.4) is 0 Å². The summed E-state index contributed by atoms with van der Waals surface area (Å²) in [4.78, 5) is 32.1. The maximum atomic E-state index is 12.2. The molecule has 1 aromatic rings. The largest absolute Gasteiger partial charge is 0.344 e.